The molecule has 0 unspecified atom stereocenters. The fraction of sp³-hybridized carbons (Fsp3) is 0.100. The third-order valence-corrected chi connectivity index (χ3v) is 2.76. The Morgan fingerprint density at radius 2 is 2.21 bits per heavy atom. The normalized spacial score (nSPS) is 10.6. The minimum atomic E-state index is -0.396. The van der Waals surface area contributed by atoms with Crippen molar-refractivity contribution in [2.45, 2.75) is 5.03 Å². The van der Waals surface area contributed by atoms with Gasteiger partial charge in [0.1, 0.15) is 0 Å². The molecule has 14 heavy (non-hydrogen) atoms. The molecule has 1 aromatic heterocycles. The summed E-state index contributed by atoms with van der Waals surface area (Å²) in [5, 5.41) is 2.18. The Morgan fingerprint density at radius 1 is 1.43 bits per heavy atom. The molecule has 2 aromatic rings. The van der Waals surface area contributed by atoms with Crippen LogP contribution in [0.25, 0.3) is 10.9 Å². The Labute approximate surface area is 85.7 Å². The number of carbonyl (C=O) groups excluding carboxylic acids is 1. The lowest BCUT2D eigenvalue weighted by atomic mass is 10.1. The number of fused-ring (bicyclic) bond motifs is 1. The molecule has 0 aliphatic heterocycles. The van der Waals surface area contributed by atoms with Crippen molar-refractivity contribution >= 4 is 28.6 Å². The van der Waals surface area contributed by atoms with E-state index in [1.54, 1.807) is 23.9 Å². The van der Waals surface area contributed by atoms with Gasteiger partial charge in [0.25, 0.3) is 0 Å². The summed E-state index contributed by atoms with van der Waals surface area (Å²) >= 11 is 1.64. The van der Waals surface area contributed by atoms with E-state index in [4.69, 9.17) is 5.73 Å². The molecule has 3 N–H and O–H groups in total. The highest BCUT2D eigenvalue weighted by Gasteiger charge is 2.03. The zero-order valence-electron chi connectivity index (χ0n) is 7.70. The lowest BCUT2D eigenvalue weighted by Gasteiger charge is -1.94. The quantitative estimate of drug-likeness (QED) is 0.738. The lowest BCUT2D eigenvalue weighted by molar-refractivity contribution is 0.100. The SMILES string of the molecule is CSc1cc2ccc(C(N)=O)cc2[nH]1. The first-order valence-electron chi connectivity index (χ1n) is 4.17. The predicted molar refractivity (Wildman–Crippen MR) is 58.6 cm³/mol. The lowest BCUT2D eigenvalue weighted by Crippen LogP contribution is -2.10. The van der Waals surface area contributed by atoms with Crippen molar-refractivity contribution in [2.75, 3.05) is 6.26 Å². The standard InChI is InChI=1S/C10H10N2OS/c1-14-9-5-6-2-3-7(10(11)13)4-8(6)12-9/h2-5,12H,1H3,(H2,11,13). The summed E-state index contributed by atoms with van der Waals surface area (Å²) in [4.78, 5) is 14.1. The molecule has 4 heteroatoms. The van der Waals surface area contributed by atoms with E-state index < -0.39 is 5.91 Å². The Bertz CT molecular complexity index is 490. The highest BCUT2D eigenvalue weighted by molar-refractivity contribution is 7.98. The van der Waals surface area contributed by atoms with Crippen molar-refractivity contribution in [3.63, 3.8) is 0 Å². The van der Waals surface area contributed by atoms with E-state index in [-0.39, 0.29) is 0 Å². The van der Waals surface area contributed by atoms with Gasteiger partial charge in [0.05, 0.1) is 5.03 Å². The van der Waals surface area contributed by atoms with Gasteiger partial charge in [0.2, 0.25) is 5.91 Å². The van der Waals surface area contributed by atoms with Crippen LogP contribution in [0, 0.1) is 0 Å². The molecule has 0 bridgehead atoms. The number of thioether (sulfide) groups is 1. The van der Waals surface area contributed by atoms with E-state index in [9.17, 15) is 4.79 Å². The monoisotopic (exact) mass is 206 g/mol. The van der Waals surface area contributed by atoms with Gasteiger partial charge in [-0.05, 0) is 24.5 Å². The molecule has 1 amide bonds. The Kier molecular flexibility index (Phi) is 2.21. The van der Waals surface area contributed by atoms with E-state index in [1.807, 2.05) is 18.4 Å². The van der Waals surface area contributed by atoms with Crippen LogP contribution in [0.3, 0.4) is 0 Å². The number of benzene rings is 1. The van der Waals surface area contributed by atoms with Crippen molar-refractivity contribution in [2.24, 2.45) is 5.73 Å². The smallest absolute Gasteiger partial charge is 0.248 e. The summed E-state index contributed by atoms with van der Waals surface area (Å²) in [7, 11) is 0. The molecule has 1 aromatic carbocycles. The van der Waals surface area contributed by atoms with Crippen LogP contribution in [0.4, 0.5) is 0 Å². The first-order valence-corrected chi connectivity index (χ1v) is 5.40. The number of primary amides is 1. The number of aromatic amines is 1. The summed E-state index contributed by atoms with van der Waals surface area (Å²) in [6.45, 7) is 0. The highest BCUT2D eigenvalue weighted by Crippen LogP contribution is 2.22. The van der Waals surface area contributed by atoms with Crippen molar-refractivity contribution in [1.29, 1.82) is 0 Å². The van der Waals surface area contributed by atoms with E-state index >= 15 is 0 Å². The molecule has 72 valence electrons. The van der Waals surface area contributed by atoms with Gasteiger partial charge in [-0.15, -0.1) is 11.8 Å². The van der Waals surface area contributed by atoms with Crippen LogP contribution in [-0.4, -0.2) is 17.1 Å². The first-order chi connectivity index (χ1) is 6.70. The molecule has 2 rings (SSSR count). The molecular weight excluding hydrogens is 196 g/mol. The topological polar surface area (TPSA) is 58.9 Å². The molecule has 0 fully saturated rings. The van der Waals surface area contributed by atoms with E-state index in [2.05, 4.69) is 4.98 Å². The molecule has 0 aliphatic carbocycles. The number of aromatic nitrogens is 1. The maximum Gasteiger partial charge on any atom is 0.248 e. The van der Waals surface area contributed by atoms with Gasteiger partial charge in [0, 0.05) is 16.5 Å². The number of amides is 1. The molecule has 0 saturated heterocycles. The predicted octanol–water partition coefficient (Wildman–Crippen LogP) is 1.99. The number of carbonyl (C=O) groups is 1. The summed E-state index contributed by atoms with van der Waals surface area (Å²) in [6, 6.07) is 7.45. The second-order valence-electron chi connectivity index (χ2n) is 3.00. The van der Waals surface area contributed by atoms with E-state index in [1.165, 1.54) is 0 Å². The van der Waals surface area contributed by atoms with Gasteiger partial charge < -0.3 is 10.7 Å². The number of H-pyrrole nitrogens is 1. The average Bonchev–Trinajstić information content (AvgIpc) is 2.58. The number of hydrogen-bond donors (Lipinski definition) is 2. The summed E-state index contributed by atoms with van der Waals surface area (Å²) in [6.07, 6.45) is 2.00. The highest BCUT2D eigenvalue weighted by atomic mass is 32.2. The van der Waals surface area contributed by atoms with E-state index in [0.717, 1.165) is 15.9 Å². The van der Waals surface area contributed by atoms with Crippen LogP contribution in [-0.2, 0) is 0 Å². The molecule has 0 atom stereocenters. The molecule has 3 nitrogen and oxygen atoms in total. The van der Waals surface area contributed by atoms with Crippen LogP contribution in [0.1, 0.15) is 10.4 Å². The third-order valence-electron chi connectivity index (χ3n) is 2.10. The molecular formula is C10H10N2OS. The third kappa shape index (κ3) is 1.48. The molecule has 0 spiro atoms. The minimum absolute atomic E-state index is 0.396. The number of hydrogen-bond acceptors (Lipinski definition) is 2. The fourth-order valence-corrected chi connectivity index (χ4v) is 1.82. The molecule has 1 heterocycles. The average molecular weight is 206 g/mol. The van der Waals surface area contributed by atoms with Crippen LogP contribution < -0.4 is 5.73 Å². The van der Waals surface area contributed by atoms with Crippen LogP contribution in [0.15, 0.2) is 29.3 Å². The molecule has 0 radical (unpaired) electrons. The van der Waals surface area contributed by atoms with Crippen LogP contribution >= 0.6 is 11.8 Å². The zero-order chi connectivity index (χ0) is 10.1. The van der Waals surface area contributed by atoms with Gasteiger partial charge in [-0.2, -0.15) is 0 Å². The second-order valence-corrected chi connectivity index (χ2v) is 3.85. The van der Waals surface area contributed by atoms with Gasteiger partial charge in [-0.3, -0.25) is 4.79 Å². The maximum absolute atomic E-state index is 10.9. The van der Waals surface area contributed by atoms with Gasteiger partial charge in [-0.25, -0.2) is 0 Å². The second kappa shape index (κ2) is 3.38. The number of nitrogens with two attached hydrogens (primary N) is 1. The zero-order valence-corrected chi connectivity index (χ0v) is 8.52. The van der Waals surface area contributed by atoms with Crippen molar-refractivity contribution in [1.82, 2.24) is 4.98 Å². The Hall–Kier alpha value is -1.42. The summed E-state index contributed by atoms with van der Waals surface area (Å²) in [5.74, 6) is -0.396. The number of rotatable bonds is 2. The van der Waals surface area contributed by atoms with Gasteiger partial charge in [0.15, 0.2) is 0 Å². The van der Waals surface area contributed by atoms with Crippen molar-refractivity contribution in [3.05, 3.63) is 29.8 Å². The van der Waals surface area contributed by atoms with Gasteiger partial charge >= 0.3 is 0 Å². The summed E-state index contributed by atoms with van der Waals surface area (Å²) in [5.41, 5.74) is 6.67. The van der Waals surface area contributed by atoms with Crippen molar-refractivity contribution in [3.8, 4) is 0 Å². The first kappa shape index (κ1) is 9.15. The van der Waals surface area contributed by atoms with Crippen molar-refractivity contribution < 1.29 is 4.79 Å². The largest absolute Gasteiger partial charge is 0.366 e. The van der Waals surface area contributed by atoms with E-state index in [0.29, 0.717) is 5.56 Å². The Balaban J connectivity index is 2.59. The number of nitrogens with one attached hydrogen (secondary N) is 1. The minimum Gasteiger partial charge on any atom is -0.366 e. The van der Waals surface area contributed by atoms with Crippen LogP contribution in [0.5, 0.6) is 0 Å². The fourth-order valence-electron chi connectivity index (χ4n) is 1.36. The summed E-state index contributed by atoms with van der Waals surface area (Å²) < 4.78 is 0. The Morgan fingerprint density at radius 3 is 2.86 bits per heavy atom. The molecule has 0 saturated carbocycles. The molecule has 0 aliphatic rings. The maximum atomic E-state index is 10.9. The van der Waals surface area contributed by atoms with Crippen LogP contribution in [0.2, 0.25) is 0 Å². The van der Waals surface area contributed by atoms with Gasteiger partial charge in [-0.1, -0.05) is 6.07 Å².